The molecule has 1 saturated carbocycles. The number of nitro groups is 1. The van der Waals surface area contributed by atoms with Crippen molar-refractivity contribution in [2.75, 3.05) is 65.3 Å². The number of rotatable bonds is 15. The average Bonchev–Trinajstić information content (AvgIpc) is 4.13. The van der Waals surface area contributed by atoms with Crippen LogP contribution >= 0.6 is 0 Å². The molecule has 1 aliphatic carbocycles. The molecule has 1 N–H and O–H groups in total. The summed E-state index contributed by atoms with van der Waals surface area (Å²) < 4.78 is 56.7. The van der Waals surface area contributed by atoms with Gasteiger partial charge in [-0.05, 0) is 176 Å². The van der Waals surface area contributed by atoms with Crippen molar-refractivity contribution < 1.29 is 66.0 Å². The number of piperidine rings is 3. The van der Waals surface area contributed by atoms with E-state index < -0.39 is 37.9 Å². The van der Waals surface area contributed by atoms with E-state index in [4.69, 9.17) is 33.5 Å². The summed E-state index contributed by atoms with van der Waals surface area (Å²) in [5.74, 6) is 2.27. The molecule has 5 heterocycles. The lowest BCUT2D eigenvalue weighted by Gasteiger charge is -2.33. The summed E-state index contributed by atoms with van der Waals surface area (Å²) in [4.78, 5) is 71.1. The highest BCUT2D eigenvalue weighted by Crippen LogP contribution is 2.39. The van der Waals surface area contributed by atoms with Crippen molar-refractivity contribution in [3.8, 4) is 11.8 Å². The van der Waals surface area contributed by atoms with Crippen molar-refractivity contribution >= 4 is 40.1 Å². The maximum atomic E-state index is 12.1. The Morgan fingerprint density at radius 2 is 1.15 bits per heavy atom. The second kappa shape index (κ2) is 31.9. The Labute approximate surface area is 487 Å². The number of benzene rings is 1. The first-order valence-corrected chi connectivity index (χ1v) is 31.3. The molecule has 0 unspecified atom stereocenters. The second-order valence-electron chi connectivity index (χ2n) is 25.4. The molecule has 22 nitrogen and oxygen atoms in total. The van der Waals surface area contributed by atoms with Gasteiger partial charge in [-0.3, -0.25) is 10.1 Å². The minimum absolute atomic E-state index is 0.0557. The minimum atomic E-state index is -3.21. The van der Waals surface area contributed by atoms with Crippen molar-refractivity contribution in [3.63, 3.8) is 0 Å². The molecule has 5 aliphatic rings. The summed E-state index contributed by atoms with van der Waals surface area (Å²) in [6.07, 6.45) is 17.9. The predicted octanol–water partition coefficient (Wildman–Crippen LogP) is 11.5. The molecule has 0 atom stereocenters. The summed E-state index contributed by atoms with van der Waals surface area (Å²) >= 11 is 0. The van der Waals surface area contributed by atoms with Crippen molar-refractivity contribution in [2.45, 2.75) is 208 Å². The number of sulfonamides is 1. The van der Waals surface area contributed by atoms with Crippen molar-refractivity contribution in [3.05, 3.63) is 51.8 Å². The fraction of sp³-hybridized carbons (Fsp3) is 0.763. The van der Waals surface area contributed by atoms with Crippen LogP contribution in [0.2, 0.25) is 0 Å². The van der Waals surface area contributed by atoms with Crippen LogP contribution in [0.25, 0.3) is 0 Å². The van der Waals surface area contributed by atoms with E-state index in [1.165, 1.54) is 54.1 Å². The number of carbonyl (C=O) groups excluding carboxylic acids is 4. The number of non-ortho nitro benzene ring substituents is 1. The van der Waals surface area contributed by atoms with Crippen LogP contribution in [0.1, 0.15) is 184 Å². The van der Waals surface area contributed by atoms with Crippen molar-refractivity contribution in [1.29, 1.82) is 0 Å². The van der Waals surface area contributed by atoms with Gasteiger partial charge < -0.3 is 48.2 Å². The number of likely N-dealkylation sites (tertiary alicyclic amines) is 3. The number of unbranched alkanes of at least 4 members (excludes halogenated alkanes) is 1. The third kappa shape index (κ3) is 26.8. The third-order valence-corrected chi connectivity index (χ3v) is 15.7. The number of nitrogens with zero attached hydrogens (tertiary/aromatic N) is 7. The molecule has 0 bridgehead atoms. The number of amides is 3. The van der Waals surface area contributed by atoms with Gasteiger partial charge in [0.25, 0.3) is 5.69 Å². The molecule has 4 fully saturated rings. The van der Waals surface area contributed by atoms with E-state index in [0.29, 0.717) is 44.0 Å². The number of fused-ring (bicyclic) bond motifs is 1. The van der Waals surface area contributed by atoms with Crippen molar-refractivity contribution in [1.82, 2.24) is 29.0 Å². The molecular weight excluding hydrogens is 1080 g/mol. The SMILES string of the molecule is CC(C)(C)OC(=O)N1CCC(CCCO)CC1.CC(C)(C)OC(=O)N1CCC(CCCOc2ncc3c(n2)CCN(S(C)(=O)=O)C3)CC1.CC1(OC(=O)Oc2ccc([N+](=O)[O-])cc2)CC1.CCCCC1CCN(C(=O)OC(C)(C)C)CC1. The second-order valence-corrected chi connectivity index (χ2v) is 27.3. The molecule has 82 heavy (non-hydrogen) atoms. The van der Waals surface area contributed by atoms with Gasteiger partial charge in [0.1, 0.15) is 28.2 Å². The van der Waals surface area contributed by atoms with Gasteiger partial charge in [0, 0.05) is 89.3 Å². The van der Waals surface area contributed by atoms with Gasteiger partial charge in [-0.25, -0.2) is 32.6 Å². The summed E-state index contributed by atoms with van der Waals surface area (Å²) in [5.41, 5.74) is -0.00398. The highest BCUT2D eigenvalue weighted by atomic mass is 32.2. The van der Waals surface area contributed by atoms with Crippen LogP contribution in [-0.2, 0) is 41.9 Å². The fourth-order valence-electron chi connectivity index (χ4n) is 9.46. The molecule has 0 radical (unpaired) electrons. The van der Waals surface area contributed by atoms with E-state index in [2.05, 4.69) is 16.9 Å². The number of carbonyl (C=O) groups is 4. The number of hydrogen-bond acceptors (Lipinski definition) is 17. The largest absolute Gasteiger partial charge is 0.514 e. The zero-order chi connectivity index (χ0) is 60.9. The van der Waals surface area contributed by atoms with Gasteiger partial charge in [-0.1, -0.05) is 26.2 Å². The normalized spacial score (nSPS) is 17.9. The number of ether oxygens (including phenoxy) is 6. The first kappa shape index (κ1) is 68.9. The van der Waals surface area contributed by atoms with E-state index in [1.54, 1.807) is 16.0 Å². The smallest absolute Gasteiger partial charge is 0.463 e. The maximum absolute atomic E-state index is 12.1. The van der Waals surface area contributed by atoms with Gasteiger partial charge >= 0.3 is 30.4 Å². The Balaban J connectivity index is 0.000000246. The van der Waals surface area contributed by atoms with Gasteiger partial charge in [0.15, 0.2) is 0 Å². The first-order chi connectivity index (χ1) is 38.3. The van der Waals surface area contributed by atoms with Gasteiger partial charge in [0.2, 0.25) is 10.0 Å². The lowest BCUT2D eigenvalue weighted by molar-refractivity contribution is -0.384. The fourth-order valence-corrected chi connectivity index (χ4v) is 10.3. The molecule has 464 valence electrons. The molecule has 1 aromatic heterocycles. The van der Waals surface area contributed by atoms with Gasteiger partial charge in [-0.2, -0.15) is 9.29 Å². The van der Waals surface area contributed by atoms with Crippen LogP contribution in [0.15, 0.2) is 30.5 Å². The number of aromatic nitrogens is 2. The average molecular weight is 1180 g/mol. The Kier molecular flexibility index (Phi) is 26.8. The molecule has 1 aromatic carbocycles. The molecule has 3 amide bonds. The molecular formula is C59H97N7O15S. The molecule has 7 rings (SSSR count). The highest BCUT2D eigenvalue weighted by Gasteiger charge is 2.42. The van der Waals surface area contributed by atoms with Crippen LogP contribution in [0.4, 0.5) is 24.9 Å². The van der Waals surface area contributed by atoms with Crippen LogP contribution in [-0.4, -0.2) is 160 Å². The molecule has 0 spiro atoms. The van der Waals surface area contributed by atoms with E-state index in [1.807, 2.05) is 74.1 Å². The molecule has 4 aliphatic heterocycles. The number of aliphatic hydroxyl groups is 1. The molecule has 2 aromatic rings. The van der Waals surface area contributed by atoms with E-state index >= 15 is 0 Å². The maximum Gasteiger partial charge on any atom is 0.514 e. The van der Waals surface area contributed by atoms with Crippen molar-refractivity contribution in [2.24, 2.45) is 17.8 Å². The monoisotopic (exact) mass is 1180 g/mol. The number of aliphatic hydroxyl groups excluding tert-OH is 1. The van der Waals surface area contributed by atoms with E-state index in [0.717, 1.165) is 133 Å². The Morgan fingerprint density at radius 3 is 1.54 bits per heavy atom. The van der Waals surface area contributed by atoms with Crippen LogP contribution < -0.4 is 9.47 Å². The summed E-state index contributed by atoms with van der Waals surface area (Å²) in [7, 11) is -3.21. The standard InChI is InChI=1S/C21H34N4O5S.C14H27NO2.C13H25NO3.C11H11NO5/c1-21(2,3)30-20(26)24-10-7-16(8-11-24)6-5-13-29-19-22-14-17-15-25(31(4,27)28)12-9-18(17)23-19;1-5-6-7-12-8-10-15(11-9-12)13(16)17-14(2,3)4;1-13(2,3)17-12(16)14-8-6-11(7-9-14)5-4-10-15;1-11(6-7-11)17-10(13)16-9-4-2-8(3-5-9)12(14)15/h14,16H,5-13,15H2,1-4H3;12H,5-11H2,1-4H3;11,15H,4-10H2,1-3H3;2-5H,6-7H2,1H3. The Bertz CT molecular complexity index is 2380. The Morgan fingerprint density at radius 1 is 0.707 bits per heavy atom. The summed E-state index contributed by atoms with van der Waals surface area (Å²) in [5, 5.41) is 19.2. The highest BCUT2D eigenvalue weighted by molar-refractivity contribution is 7.88. The first-order valence-electron chi connectivity index (χ1n) is 29.5. The lowest BCUT2D eigenvalue weighted by atomic mass is 9.92. The predicted molar refractivity (Wildman–Crippen MR) is 311 cm³/mol. The number of nitro benzene ring substituents is 1. The number of hydrogen-bond donors (Lipinski definition) is 1. The zero-order valence-corrected chi connectivity index (χ0v) is 52.0. The molecule has 23 heteroatoms. The zero-order valence-electron chi connectivity index (χ0n) is 51.2. The molecule has 3 saturated heterocycles. The topological polar surface area (TPSA) is 260 Å². The van der Waals surface area contributed by atoms with E-state index in [-0.39, 0.29) is 41.9 Å². The van der Waals surface area contributed by atoms with Crippen LogP contribution in [0.3, 0.4) is 0 Å². The minimum Gasteiger partial charge on any atom is -0.463 e. The van der Waals surface area contributed by atoms with Gasteiger partial charge in [0.05, 0.1) is 23.5 Å². The van der Waals surface area contributed by atoms with E-state index in [9.17, 15) is 37.7 Å². The Hall–Kier alpha value is -5.55. The van der Waals surface area contributed by atoms with Gasteiger partial charge in [-0.15, -0.1) is 0 Å². The summed E-state index contributed by atoms with van der Waals surface area (Å²) in [6.45, 7) is 27.4. The lowest BCUT2D eigenvalue weighted by Crippen LogP contribution is -2.41. The summed E-state index contributed by atoms with van der Waals surface area (Å²) in [6, 6.07) is 5.60. The quantitative estimate of drug-likeness (QED) is 0.0434. The third-order valence-electron chi connectivity index (χ3n) is 14.4. The van der Waals surface area contributed by atoms with Crippen LogP contribution in [0, 0.1) is 27.9 Å². The van der Waals surface area contributed by atoms with Crippen LogP contribution in [0.5, 0.6) is 11.8 Å².